The smallest absolute Gasteiger partial charge is 0.241 e. The highest BCUT2D eigenvalue weighted by Gasteiger charge is 2.24. The van der Waals surface area contributed by atoms with Gasteiger partial charge in [0.15, 0.2) is 0 Å². The number of nitrogens with two attached hydrogens (primary N) is 1. The third-order valence-corrected chi connectivity index (χ3v) is 4.82. The lowest BCUT2D eigenvalue weighted by molar-refractivity contribution is 0.192. The summed E-state index contributed by atoms with van der Waals surface area (Å²) >= 11 is 0. The molecule has 1 aromatic rings. The number of rotatable bonds is 4. The van der Waals surface area contributed by atoms with Gasteiger partial charge in [0, 0.05) is 19.2 Å². The molecular formula is C12H18N2O3S. The lowest BCUT2D eigenvalue weighted by Crippen LogP contribution is -2.35. The number of sulfonamides is 1. The van der Waals surface area contributed by atoms with Gasteiger partial charge in [-0.15, -0.1) is 0 Å². The van der Waals surface area contributed by atoms with E-state index >= 15 is 0 Å². The summed E-state index contributed by atoms with van der Waals surface area (Å²) < 4.78 is 32.4. The SMILES string of the molecule is Cc1c(CN)cccc1S(=O)(=O)NC1CCOC1. The van der Waals surface area contributed by atoms with Crippen LogP contribution in [0.2, 0.25) is 0 Å². The molecule has 1 aromatic carbocycles. The average Bonchev–Trinajstić information content (AvgIpc) is 2.81. The fourth-order valence-electron chi connectivity index (χ4n) is 2.08. The highest BCUT2D eigenvalue weighted by atomic mass is 32.2. The molecule has 0 amide bonds. The van der Waals surface area contributed by atoms with E-state index in [1.165, 1.54) is 0 Å². The van der Waals surface area contributed by atoms with Gasteiger partial charge < -0.3 is 10.5 Å². The van der Waals surface area contributed by atoms with Gasteiger partial charge in [0.1, 0.15) is 0 Å². The van der Waals surface area contributed by atoms with E-state index in [0.717, 1.165) is 12.0 Å². The van der Waals surface area contributed by atoms with E-state index in [1.807, 2.05) is 6.07 Å². The van der Waals surface area contributed by atoms with Crippen LogP contribution in [0.25, 0.3) is 0 Å². The van der Waals surface area contributed by atoms with Gasteiger partial charge >= 0.3 is 0 Å². The van der Waals surface area contributed by atoms with Crippen LogP contribution in [0.4, 0.5) is 0 Å². The molecular weight excluding hydrogens is 252 g/mol. The standard InChI is InChI=1S/C12H18N2O3S/c1-9-10(7-13)3-2-4-12(9)18(15,16)14-11-5-6-17-8-11/h2-4,11,14H,5-8,13H2,1H3. The molecule has 2 rings (SSSR count). The van der Waals surface area contributed by atoms with Gasteiger partial charge in [-0.05, 0) is 30.5 Å². The Hall–Kier alpha value is -0.950. The molecule has 5 nitrogen and oxygen atoms in total. The second-order valence-corrected chi connectivity index (χ2v) is 6.11. The first kappa shape index (κ1) is 13.5. The van der Waals surface area contributed by atoms with Crippen molar-refractivity contribution in [3.63, 3.8) is 0 Å². The van der Waals surface area contributed by atoms with Gasteiger partial charge in [0.05, 0.1) is 11.5 Å². The molecule has 1 atom stereocenters. The number of hydrogen-bond acceptors (Lipinski definition) is 4. The zero-order chi connectivity index (χ0) is 13.2. The van der Waals surface area contributed by atoms with Crippen molar-refractivity contribution in [2.45, 2.75) is 30.8 Å². The molecule has 0 aromatic heterocycles. The number of hydrogen-bond donors (Lipinski definition) is 2. The van der Waals surface area contributed by atoms with E-state index in [4.69, 9.17) is 10.5 Å². The highest BCUT2D eigenvalue weighted by Crippen LogP contribution is 2.19. The Labute approximate surface area is 107 Å². The second-order valence-electron chi connectivity index (χ2n) is 4.43. The van der Waals surface area contributed by atoms with Gasteiger partial charge in [0.2, 0.25) is 10.0 Å². The minimum atomic E-state index is -3.49. The van der Waals surface area contributed by atoms with Gasteiger partial charge in [-0.1, -0.05) is 12.1 Å². The summed E-state index contributed by atoms with van der Waals surface area (Å²) in [6.07, 6.45) is 0.717. The molecule has 0 saturated carbocycles. The first-order valence-corrected chi connectivity index (χ1v) is 7.41. The topological polar surface area (TPSA) is 81.4 Å². The molecule has 18 heavy (non-hydrogen) atoms. The van der Waals surface area contributed by atoms with Gasteiger partial charge in [0.25, 0.3) is 0 Å². The van der Waals surface area contributed by atoms with Crippen LogP contribution in [-0.2, 0) is 21.3 Å². The van der Waals surface area contributed by atoms with Crippen LogP contribution in [0, 0.1) is 6.92 Å². The van der Waals surface area contributed by atoms with E-state index in [2.05, 4.69) is 4.72 Å². The van der Waals surface area contributed by atoms with Crippen molar-refractivity contribution < 1.29 is 13.2 Å². The maximum absolute atomic E-state index is 12.3. The normalized spacial score (nSPS) is 20.2. The molecule has 1 aliphatic rings. The maximum atomic E-state index is 12.3. The summed E-state index contributed by atoms with van der Waals surface area (Å²) in [5.74, 6) is 0. The van der Waals surface area contributed by atoms with E-state index in [9.17, 15) is 8.42 Å². The fraction of sp³-hybridized carbons (Fsp3) is 0.500. The molecule has 0 bridgehead atoms. The van der Waals surface area contributed by atoms with Crippen LogP contribution in [0.1, 0.15) is 17.5 Å². The zero-order valence-electron chi connectivity index (χ0n) is 10.3. The molecule has 100 valence electrons. The maximum Gasteiger partial charge on any atom is 0.241 e. The van der Waals surface area contributed by atoms with Crippen molar-refractivity contribution in [1.82, 2.24) is 4.72 Å². The Balaban J connectivity index is 2.29. The van der Waals surface area contributed by atoms with E-state index in [-0.39, 0.29) is 6.04 Å². The van der Waals surface area contributed by atoms with Gasteiger partial charge in [-0.25, -0.2) is 13.1 Å². The summed E-state index contributed by atoms with van der Waals surface area (Å²) in [5.41, 5.74) is 7.15. The van der Waals surface area contributed by atoms with Crippen molar-refractivity contribution in [3.8, 4) is 0 Å². The zero-order valence-corrected chi connectivity index (χ0v) is 11.2. The van der Waals surface area contributed by atoms with Crippen molar-refractivity contribution >= 4 is 10.0 Å². The first-order chi connectivity index (χ1) is 8.54. The summed E-state index contributed by atoms with van der Waals surface area (Å²) in [4.78, 5) is 0.303. The van der Waals surface area contributed by atoms with Crippen LogP contribution >= 0.6 is 0 Å². The van der Waals surface area contributed by atoms with Crippen molar-refractivity contribution in [2.24, 2.45) is 5.73 Å². The Morgan fingerprint density at radius 2 is 2.28 bits per heavy atom. The third-order valence-electron chi connectivity index (χ3n) is 3.16. The van der Waals surface area contributed by atoms with Crippen LogP contribution in [0.15, 0.2) is 23.1 Å². The lowest BCUT2D eigenvalue weighted by atomic mass is 10.1. The molecule has 1 unspecified atom stereocenters. The second kappa shape index (κ2) is 5.36. The van der Waals surface area contributed by atoms with E-state index in [0.29, 0.717) is 30.2 Å². The largest absolute Gasteiger partial charge is 0.380 e. The molecule has 1 aliphatic heterocycles. The first-order valence-electron chi connectivity index (χ1n) is 5.93. The Bertz CT molecular complexity index is 522. The summed E-state index contributed by atoms with van der Waals surface area (Å²) in [5, 5.41) is 0. The molecule has 1 fully saturated rings. The van der Waals surface area contributed by atoms with E-state index in [1.54, 1.807) is 19.1 Å². The monoisotopic (exact) mass is 270 g/mol. The van der Waals surface area contributed by atoms with Crippen molar-refractivity contribution in [3.05, 3.63) is 29.3 Å². The van der Waals surface area contributed by atoms with Crippen LogP contribution < -0.4 is 10.5 Å². The lowest BCUT2D eigenvalue weighted by Gasteiger charge is -2.14. The summed E-state index contributed by atoms with van der Waals surface area (Å²) in [6.45, 7) is 3.16. The Morgan fingerprint density at radius 1 is 1.50 bits per heavy atom. The number of benzene rings is 1. The predicted molar refractivity (Wildman–Crippen MR) is 68.6 cm³/mol. The van der Waals surface area contributed by atoms with Crippen LogP contribution in [0.5, 0.6) is 0 Å². The fourth-order valence-corrected chi connectivity index (χ4v) is 3.63. The molecule has 1 saturated heterocycles. The quantitative estimate of drug-likeness (QED) is 0.836. The minimum Gasteiger partial charge on any atom is -0.380 e. The van der Waals surface area contributed by atoms with Crippen LogP contribution in [-0.4, -0.2) is 27.7 Å². The number of nitrogens with one attached hydrogen (secondary N) is 1. The predicted octanol–water partition coefficient (Wildman–Crippen LogP) is 0.521. The molecule has 1 heterocycles. The van der Waals surface area contributed by atoms with Gasteiger partial charge in [-0.3, -0.25) is 0 Å². The molecule has 3 N–H and O–H groups in total. The van der Waals surface area contributed by atoms with E-state index < -0.39 is 10.0 Å². The Morgan fingerprint density at radius 3 is 2.89 bits per heavy atom. The van der Waals surface area contributed by atoms with Crippen molar-refractivity contribution in [1.29, 1.82) is 0 Å². The third kappa shape index (κ3) is 2.72. The summed E-state index contributed by atoms with van der Waals surface area (Å²) in [7, 11) is -3.49. The average molecular weight is 270 g/mol. The van der Waals surface area contributed by atoms with Crippen LogP contribution in [0.3, 0.4) is 0 Å². The molecule has 0 aliphatic carbocycles. The number of ether oxygens (including phenoxy) is 1. The van der Waals surface area contributed by atoms with Crippen molar-refractivity contribution in [2.75, 3.05) is 13.2 Å². The highest BCUT2D eigenvalue weighted by molar-refractivity contribution is 7.89. The Kier molecular flexibility index (Phi) is 4.01. The van der Waals surface area contributed by atoms with Gasteiger partial charge in [-0.2, -0.15) is 0 Å². The molecule has 0 radical (unpaired) electrons. The molecule has 6 heteroatoms. The summed E-state index contributed by atoms with van der Waals surface area (Å²) in [6, 6.07) is 5.03. The minimum absolute atomic E-state index is 0.129. The molecule has 0 spiro atoms.